The highest BCUT2D eigenvalue weighted by Gasteiger charge is 2.22. The fraction of sp³-hybridized carbons (Fsp3) is 0.357. The van der Waals surface area contributed by atoms with Crippen LogP contribution in [0.3, 0.4) is 0 Å². The molecule has 5 nitrogen and oxygen atoms in total. The lowest BCUT2D eigenvalue weighted by atomic mass is 9.93. The second-order valence-electron chi connectivity index (χ2n) is 4.79. The van der Waals surface area contributed by atoms with Gasteiger partial charge in [0.05, 0.1) is 11.7 Å². The number of hydrogen-bond donors (Lipinski definition) is 3. The monoisotopic (exact) mass is 260 g/mol. The third-order valence-electron chi connectivity index (χ3n) is 3.50. The highest BCUT2D eigenvalue weighted by Crippen LogP contribution is 2.24. The molecule has 0 bridgehead atoms. The van der Waals surface area contributed by atoms with Gasteiger partial charge in [-0.3, -0.25) is 4.79 Å². The van der Waals surface area contributed by atoms with Gasteiger partial charge >= 0.3 is 0 Å². The highest BCUT2D eigenvalue weighted by atomic mass is 16.1. The molecule has 1 aromatic carbocycles. The van der Waals surface area contributed by atoms with Crippen molar-refractivity contribution in [1.82, 2.24) is 10.3 Å². The Morgan fingerprint density at radius 2 is 2.05 bits per heavy atom. The van der Waals surface area contributed by atoms with Crippen LogP contribution in [0.25, 0.3) is 0 Å². The number of rotatable bonds is 6. The largest absolute Gasteiger partial charge is 0.399 e. The first-order valence-corrected chi connectivity index (χ1v) is 6.47. The summed E-state index contributed by atoms with van der Waals surface area (Å²) in [7, 11) is 0. The van der Waals surface area contributed by atoms with Gasteiger partial charge in [-0.15, -0.1) is 0 Å². The molecule has 102 valence electrons. The van der Waals surface area contributed by atoms with Crippen molar-refractivity contribution >= 4 is 6.41 Å². The number of carbonyl (C=O) groups is 1. The van der Waals surface area contributed by atoms with Gasteiger partial charge in [0.25, 0.3) is 0 Å². The predicted molar refractivity (Wildman–Crippen MR) is 74.3 cm³/mol. The molecule has 5 heteroatoms. The van der Waals surface area contributed by atoms with Crippen LogP contribution >= 0.6 is 0 Å². The molecule has 0 spiro atoms. The summed E-state index contributed by atoms with van der Waals surface area (Å²) in [6.07, 6.45) is 5.77. The quantitative estimate of drug-likeness (QED) is 0.405. The van der Waals surface area contributed by atoms with E-state index >= 15 is 0 Å². The minimum Gasteiger partial charge on any atom is -0.399 e. The smallest absolute Gasteiger partial charge is 0.207 e. The van der Waals surface area contributed by atoms with Crippen molar-refractivity contribution in [3.8, 4) is 0 Å². The van der Waals surface area contributed by atoms with Gasteiger partial charge in [-0.25, -0.2) is 5.84 Å². The molecule has 1 aliphatic carbocycles. The Labute approximate surface area is 113 Å². The lowest BCUT2D eigenvalue weighted by molar-refractivity contribution is -0.110. The summed E-state index contributed by atoms with van der Waals surface area (Å²) < 4.78 is 0. The molecule has 1 unspecified atom stereocenters. The Morgan fingerprint density at radius 1 is 1.37 bits per heavy atom. The van der Waals surface area contributed by atoms with Crippen molar-refractivity contribution in [3.63, 3.8) is 0 Å². The third kappa shape index (κ3) is 3.26. The molecular formula is C14H20N4O. The van der Waals surface area contributed by atoms with Gasteiger partial charge in [-0.05, 0) is 24.8 Å². The fourth-order valence-corrected chi connectivity index (χ4v) is 2.14. The molecule has 1 amide bonds. The minimum atomic E-state index is -0.343. The topological polar surface area (TPSA) is 84.4 Å². The van der Waals surface area contributed by atoms with Crippen molar-refractivity contribution in [2.45, 2.75) is 31.3 Å². The summed E-state index contributed by atoms with van der Waals surface area (Å²) >= 11 is 0. The van der Waals surface area contributed by atoms with Crippen molar-refractivity contribution in [2.75, 3.05) is 0 Å². The van der Waals surface area contributed by atoms with Crippen LogP contribution in [-0.2, 0) is 4.79 Å². The summed E-state index contributed by atoms with van der Waals surface area (Å²) in [4.78, 5) is 10.7. The zero-order valence-corrected chi connectivity index (χ0v) is 10.8. The number of amides is 1. The molecule has 1 fully saturated rings. The van der Waals surface area contributed by atoms with Gasteiger partial charge in [-0.1, -0.05) is 30.3 Å². The van der Waals surface area contributed by atoms with E-state index < -0.39 is 0 Å². The second kappa shape index (κ2) is 6.24. The molecule has 0 saturated heterocycles. The minimum absolute atomic E-state index is 0.343. The van der Waals surface area contributed by atoms with Crippen LogP contribution in [0.15, 0.2) is 42.2 Å². The first-order valence-electron chi connectivity index (χ1n) is 6.47. The molecule has 1 aliphatic rings. The lowest BCUT2D eigenvalue weighted by Crippen LogP contribution is -2.42. The van der Waals surface area contributed by atoms with E-state index in [1.165, 1.54) is 6.42 Å². The van der Waals surface area contributed by atoms with Gasteiger partial charge in [0.15, 0.2) is 0 Å². The van der Waals surface area contributed by atoms with Gasteiger partial charge in [-0.2, -0.15) is 0 Å². The van der Waals surface area contributed by atoms with Crippen LogP contribution in [0.5, 0.6) is 0 Å². The average molecular weight is 260 g/mol. The normalized spacial score (nSPS) is 17.4. The highest BCUT2D eigenvalue weighted by molar-refractivity contribution is 5.49. The Kier molecular flexibility index (Phi) is 4.41. The molecule has 1 atom stereocenters. The number of nitrogens with one attached hydrogen (secondary N) is 1. The number of hydrazine groups is 1. The summed E-state index contributed by atoms with van der Waals surface area (Å²) in [6, 6.07) is 9.61. The molecule has 1 saturated carbocycles. The van der Waals surface area contributed by atoms with Crippen LogP contribution in [0, 0.1) is 0 Å². The second-order valence-corrected chi connectivity index (χ2v) is 4.79. The van der Waals surface area contributed by atoms with Gasteiger partial charge < -0.3 is 16.1 Å². The van der Waals surface area contributed by atoms with Gasteiger partial charge in [0, 0.05) is 12.2 Å². The first kappa shape index (κ1) is 13.4. The van der Waals surface area contributed by atoms with Crippen molar-refractivity contribution in [3.05, 3.63) is 47.8 Å². The number of nitrogens with two attached hydrogens (primary N) is 2. The number of benzene rings is 1. The Hall–Kier alpha value is -2.01. The maximum atomic E-state index is 10.7. The summed E-state index contributed by atoms with van der Waals surface area (Å²) in [5, 5.41) is 4.38. The molecule has 0 aromatic heterocycles. The van der Waals surface area contributed by atoms with E-state index in [1.54, 1.807) is 11.2 Å². The summed E-state index contributed by atoms with van der Waals surface area (Å²) in [6.45, 7) is 0. The number of nitrogens with zero attached hydrogens (tertiary/aromatic N) is 1. The van der Waals surface area contributed by atoms with Gasteiger partial charge in [0.1, 0.15) is 0 Å². The average Bonchev–Trinajstić information content (AvgIpc) is 2.34. The Bertz CT molecular complexity index is 442. The number of hydrogen-bond acceptors (Lipinski definition) is 4. The van der Waals surface area contributed by atoms with Crippen molar-refractivity contribution in [1.29, 1.82) is 0 Å². The van der Waals surface area contributed by atoms with Crippen LogP contribution in [0.4, 0.5) is 0 Å². The van der Waals surface area contributed by atoms with Crippen LogP contribution < -0.4 is 16.9 Å². The fourth-order valence-electron chi connectivity index (χ4n) is 2.14. The van der Waals surface area contributed by atoms with Crippen molar-refractivity contribution in [2.24, 2.45) is 11.6 Å². The number of carbonyl (C=O) groups excluding carboxylic acids is 1. The Morgan fingerprint density at radius 3 is 2.58 bits per heavy atom. The van der Waals surface area contributed by atoms with E-state index in [9.17, 15) is 4.79 Å². The van der Waals surface area contributed by atoms with E-state index in [4.69, 9.17) is 11.6 Å². The maximum Gasteiger partial charge on any atom is 0.207 e. The van der Waals surface area contributed by atoms with E-state index in [0.29, 0.717) is 18.1 Å². The third-order valence-corrected chi connectivity index (χ3v) is 3.50. The summed E-state index contributed by atoms with van der Waals surface area (Å²) in [5.41, 5.74) is 7.54. The maximum absolute atomic E-state index is 10.7. The first-order chi connectivity index (χ1) is 9.22. The summed E-state index contributed by atoms with van der Waals surface area (Å²) in [5.74, 6) is 5.95. The Balaban J connectivity index is 2.13. The molecule has 1 aromatic rings. The van der Waals surface area contributed by atoms with E-state index in [0.717, 1.165) is 18.4 Å². The molecule has 2 rings (SSSR count). The van der Waals surface area contributed by atoms with Crippen LogP contribution in [-0.4, -0.2) is 17.5 Å². The SMILES string of the molecule is N/C(=C\N(N)C1CCC1)C(NC=O)c1ccccc1. The zero-order chi connectivity index (χ0) is 13.7. The van der Waals surface area contributed by atoms with E-state index in [-0.39, 0.29) is 6.04 Å². The van der Waals surface area contributed by atoms with E-state index in [1.807, 2.05) is 30.3 Å². The molecule has 0 radical (unpaired) electrons. The van der Waals surface area contributed by atoms with E-state index in [2.05, 4.69) is 5.32 Å². The van der Waals surface area contributed by atoms with Crippen LogP contribution in [0.1, 0.15) is 30.9 Å². The molecule has 0 heterocycles. The standard InChI is InChI=1S/C14H20N4O/c15-13(9-18(16)12-7-4-8-12)14(17-10-19)11-5-2-1-3-6-11/h1-3,5-6,9-10,12,14H,4,7-8,15-16H2,(H,17,19)/b13-9-. The molecular weight excluding hydrogens is 240 g/mol. The molecule has 5 N–H and O–H groups in total. The van der Waals surface area contributed by atoms with Crippen LogP contribution in [0.2, 0.25) is 0 Å². The predicted octanol–water partition coefficient (Wildman–Crippen LogP) is 1.00. The van der Waals surface area contributed by atoms with Gasteiger partial charge in [0.2, 0.25) is 6.41 Å². The lowest BCUT2D eigenvalue weighted by Gasteiger charge is -2.34. The molecule has 19 heavy (non-hydrogen) atoms. The zero-order valence-electron chi connectivity index (χ0n) is 10.8. The molecule has 0 aliphatic heterocycles. The van der Waals surface area contributed by atoms with Crippen molar-refractivity contribution < 1.29 is 4.79 Å².